The van der Waals surface area contributed by atoms with Gasteiger partial charge < -0.3 is 29.3 Å². The van der Waals surface area contributed by atoms with E-state index in [-0.39, 0.29) is 51.1 Å². The van der Waals surface area contributed by atoms with Crippen molar-refractivity contribution in [2.24, 2.45) is 0 Å². The van der Waals surface area contributed by atoms with Gasteiger partial charge in [-0.05, 0) is 80.2 Å². The van der Waals surface area contributed by atoms with Crippen molar-refractivity contribution in [3.8, 4) is 23.4 Å². The normalized spacial score (nSPS) is 17.4. The number of fused-ring (bicyclic) bond motifs is 1. The monoisotopic (exact) mass is 710 g/mol. The number of benzene rings is 3. The van der Waals surface area contributed by atoms with E-state index in [4.69, 9.17) is 14.2 Å². The lowest BCUT2D eigenvalue weighted by atomic mass is 9.83. The Morgan fingerprint density at radius 3 is 2.35 bits per heavy atom. The Morgan fingerprint density at radius 1 is 0.961 bits per heavy atom. The van der Waals surface area contributed by atoms with Crippen LogP contribution in [0, 0.1) is 11.3 Å². The predicted molar refractivity (Wildman–Crippen MR) is 190 cm³/mol. The molecule has 14 heteroatoms. The molecule has 1 N–H and O–H groups in total. The third-order valence-corrected chi connectivity index (χ3v) is 11.0. The zero-order chi connectivity index (χ0) is 36.3. The minimum absolute atomic E-state index is 0.00445. The molecule has 0 spiro atoms. The van der Waals surface area contributed by atoms with Gasteiger partial charge >= 0.3 is 0 Å². The summed E-state index contributed by atoms with van der Waals surface area (Å²) in [6.45, 7) is 8.58. The Bertz CT molecular complexity index is 2110. The number of nitrogens with one attached hydrogen (secondary N) is 1. The van der Waals surface area contributed by atoms with Crippen LogP contribution in [0.25, 0.3) is 0 Å². The fourth-order valence-corrected chi connectivity index (χ4v) is 8.16. The molecule has 2 aliphatic heterocycles. The number of carbonyl (C=O) groups is 2. The molecule has 1 atom stereocenters. The number of likely N-dealkylation sites (N-methyl/N-ethyl adjacent to an activating group) is 1. The van der Waals surface area contributed by atoms with Crippen LogP contribution in [-0.4, -0.2) is 83.7 Å². The molecule has 4 aromatic rings. The summed E-state index contributed by atoms with van der Waals surface area (Å²) in [7, 11) is -1.99. The van der Waals surface area contributed by atoms with Crippen LogP contribution in [0.3, 0.4) is 0 Å². The number of amides is 2. The smallest absolute Gasteiger partial charge is 0.276 e. The number of hydrogen-bond donors (Lipinski definition) is 1. The van der Waals surface area contributed by atoms with Crippen molar-refractivity contribution in [2.45, 2.75) is 24.3 Å². The third-order valence-electron chi connectivity index (χ3n) is 9.21. The number of ether oxygens (including phenoxy) is 3. The molecule has 3 heterocycles. The lowest BCUT2D eigenvalue weighted by molar-refractivity contribution is -0.121. The third kappa shape index (κ3) is 6.19. The Morgan fingerprint density at radius 2 is 1.71 bits per heavy atom. The summed E-state index contributed by atoms with van der Waals surface area (Å²) in [5.41, 5.74) is -0.798. The maximum absolute atomic E-state index is 15.2. The maximum atomic E-state index is 15.2. The first-order valence-corrected chi connectivity index (χ1v) is 17.9. The lowest BCUT2D eigenvalue weighted by Gasteiger charge is -2.35. The largest absolute Gasteiger partial charge is 0.497 e. The highest BCUT2D eigenvalue weighted by atomic mass is 32.2. The number of pyridine rings is 1. The van der Waals surface area contributed by atoms with E-state index in [0.717, 1.165) is 38.4 Å². The first-order valence-electron chi connectivity index (χ1n) is 16.5. The van der Waals surface area contributed by atoms with Crippen molar-refractivity contribution in [3.63, 3.8) is 0 Å². The van der Waals surface area contributed by atoms with Crippen LogP contribution in [0.5, 0.6) is 17.4 Å². The average Bonchev–Trinajstić information content (AvgIpc) is 3.42. The summed E-state index contributed by atoms with van der Waals surface area (Å²) in [5.74, 6) is -1.41. The summed E-state index contributed by atoms with van der Waals surface area (Å²) in [4.78, 5) is 38.1. The van der Waals surface area contributed by atoms with Gasteiger partial charge in [-0.25, -0.2) is 13.4 Å². The van der Waals surface area contributed by atoms with E-state index in [2.05, 4.69) is 33.1 Å². The average molecular weight is 711 g/mol. The minimum Gasteiger partial charge on any atom is -0.497 e. The highest BCUT2D eigenvalue weighted by molar-refractivity contribution is 7.93. The number of aromatic nitrogens is 1. The van der Waals surface area contributed by atoms with Crippen LogP contribution in [0.2, 0.25) is 0 Å². The Labute approximate surface area is 297 Å². The van der Waals surface area contributed by atoms with E-state index in [9.17, 15) is 18.5 Å². The van der Waals surface area contributed by atoms with Gasteiger partial charge in [0.05, 0.1) is 43.7 Å². The summed E-state index contributed by atoms with van der Waals surface area (Å²) >= 11 is 0. The molecule has 51 heavy (non-hydrogen) atoms. The molecule has 0 bridgehead atoms. The zero-order valence-corrected chi connectivity index (χ0v) is 29.6. The molecule has 2 amide bonds. The molecule has 1 unspecified atom stereocenters. The number of nitriles is 1. The molecule has 0 aliphatic carbocycles. The predicted octanol–water partition coefficient (Wildman–Crippen LogP) is 3.92. The molecule has 3 aromatic carbocycles. The fraction of sp³-hybridized carbons (Fsp3) is 0.297. The maximum Gasteiger partial charge on any atom is 0.276 e. The molecular formula is C37H38N6O7S. The number of sulfonamides is 1. The van der Waals surface area contributed by atoms with E-state index in [1.54, 1.807) is 31.2 Å². The number of hydrogen-bond acceptors (Lipinski definition) is 11. The molecular weight excluding hydrogens is 673 g/mol. The number of carbonyl (C=O) groups excluding carboxylic acids is 2. The molecule has 0 radical (unpaired) electrons. The molecule has 0 saturated carbocycles. The second kappa shape index (κ2) is 14.3. The van der Waals surface area contributed by atoms with Crippen molar-refractivity contribution in [1.29, 1.82) is 5.26 Å². The molecule has 13 nitrogen and oxygen atoms in total. The van der Waals surface area contributed by atoms with E-state index in [1.807, 2.05) is 12.1 Å². The number of methoxy groups -OCH3 is 2. The van der Waals surface area contributed by atoms with Crippen molar-refractivity contribution in [1.82, 2.24) is 15.2 Å². The fourth-order valence-electron chi connectivity index (χ4n) is 6.55. The van der Waals surface area contributed by atoms with E-state index in [0.29, 0.717) is 10.1 Å². The number of nitrogens with zero attached hydrogens (tertiary/aromatic N) is 5. The van der Waals surface area contributed by atoms with Crippen molar-refractivity contribution in [3.05, 3.63) is 101 Å². The van der Waals surface area contributed by atoms with Crippen molar-refractivity contribution < 1.29 is 32.2 Å². The molecule has 1 fully saturated rings. The van der Waals surface area contributed by atoms with Gasteiger partial charge in [0, 0.05) is 55.3 Å². The van der Waals surface area contributed by atoms with Crippen LogP contribution < -0.4 is 28.7 Å². The van der Waals surface area contributed by atoms with Gasteiger partial charge in [0.25, 0.3) is 21.8 Å². The van der Waals surface area contributed by atoms with Crippen molar-refractivity contribution >= 4 is 33.2 Å². The SMILES string of the molecule is CCOc1ncccc1C1(NC(=O)c2ccc(N3CCN(CC)CC3)cc2)C(=O)N(S(=O)(=O)c2ccc(OC)cc2OC)c2ccc(C#N)cc21. The minimum atomic E-state index is -4.72. The highest BCUT2D eigenvalue weighted by Crippen LogP contribution is 2.50. The zero-order valence-electron chi connectivity index (χ0n) is 28.8. The van der Waals surface area contributed by atoms with Crippen molar-refractivity contribution in [2.75, 3.05) is 62.8 Å². The van der Waals surface area contributed by atoms with Gasteiger partial charge in [0.2, 0.25) is 5.88 Å². The summed E-state index contributed by atoms with van der Waals surface area (Å²) in [6.07, 6.45) is 1.46. The Balaban J connectivity index is 1.50. The Kier molecular flexibility index (Phi) is 9.86. The Hall–Kier alpha value is -5.65. The van der Waals surface area contributed by atoms with E-state index >= 15 is 4.79 Å². The lowest BCUT2D eigenvalue weighted by Crippen LogP contribution is -2.55. The van der Waals surface area contributed by atoms with Crippen LogP contribution in [0.1, 0.15) is 40.9 Å². The first kappa shape index (κ1) is 35.2. The van der Waals surface area contributed by atoms with Gasteiger partial charge in [-0.15, -0.1) is 0 Å². The van der Waals surface area contributed by atoms with E-state index in [1.165, 1.54) is 56.8 Å². The van der Waals surface area contributed by atoms with Crippen LogP contribution in [0.4, 0.5) is 11.4 Å². The number of rotatable bonds is 11. The van der Waals surface area contributed by atoms with Gasteiger partial charge in [-0.2, -0.15) is 9.57 Å². The summed E-state index contributed by atoms with van der Waals surface area (Å²) in [5, 5.41) is 12.8. The number of anilines is 2. The topological polar surface area (TPSA) is 154 Å². The molecule has 264 valence electrons. The second-order valence-electron chi connectivity index (χ2n) is 11.9. The van der Waals surface area contributed by atoms with Gasteiger partial charge in [0.15, 0.2) is 5.54 Å². The standard InChI is InChI=1S/C37H38N6O7S/c1-5-41-18-20-42(21-19-41)27-12-10-26(11-13-27)34(44)40-37(29-8-7-17-39-35(29)50-6-2)30-22-25(24-38)9-15-31(30)43(36(37)45)51(46,47)33-16-14-28(48-3)23-32(33)49-4/h7-17,22-23H,5-6,18-21H2,1-4H3,(H,40,44). The van der Waals surface area contributed by atoms with Gasteiger partial charge in [-0.1, -0.05) is 6.92 Å². The van der Waals surface area contributed by atoms with E-state index < -0.39 is 27.4 Å². The number of piperazine rings is 1. The van der Waals surface area contributed by atoms with Crippen LogP contribution in [-0.2, 0) is 20.4 Å². The van der Waals surface area contributed by atoms with Crippen LogP contribution in [0.15, 0.2) is 83.9 Å². The van der Waals surface area contributed by atoms with Gasteiger partial charge in [-0.3, -0.25) is 9.59 Å². The van der Waals surface area contributed by atoms with Crippen LogP contribution >= 0.6 is 0 Å². The highest BCUT2D eigenvalue weighted by Gasteiger charge is 2.59. The summed E-state index contributed by atoms with van der Waals surface area (Å²) in [6, 6.07) is 20.5. The molecule has 2 aliphatic rings. The molecule has 1 saturated heterocycles. The summed E-state index contributed by atoms with van der Waals surface area (Å²) < 4.78 is 46.4. The molecule has 6 rings (SSSR count). The first-order chi connectivity index (χ1) is 24.6. The quantitative estimate of drug-likeness (QED) is 0.241. The molecule has 1 aromatic heterocycles. The van der Waals surface area contributed by atoms with Gasteiger partial charge in [0.1, 0.15) is 16.4 Å². The second-order valence-corrected chi connectivity index (χ2v) is 13.7.